The predicted octanol–water partition coefficient (Wildman–Crippen LogP) is 1.99. The molecule has 23 heavy (non-hydrogen) atoms. The van der Waals surface area contributed by atoms with Crippen LogP contribution in [0.3, 0.4) is 0 Å². The van der Waals surface area contributed by atoms with Crippen molar-refractivity contribution in [2.45, 2.75) is 26.3 Å². The molecule has 6 nitrogen and oxygen atoms in total. The number of nitrogens with one attached hydrogen (secondary N) is 1. The molecule has 7 heteroatoms. The Labute approximate surface area is 140 Å². The van der Waals surface area contributed by atoms with Gasteiger partial charge in [-0.15, -0.1) is 0 Å². The third-order valence-electron chi connectivity index (χ3n) is 3.18. The molecule has 0 saturated carbocycles. The fraction of sp³-hybridized carbons (Fsp3) is 0.438. The van der Waals surface area contributed by atoms with Crippen molar-refractivity contribution in [2.75, 3.05) is 18.8 Å². The van der Waals surface area contributed by atoms with Crippen LogP contribution in [0.5, 0.6) is 0 Å². The zero-order valence-electron chi connectivity index (χ0n) is 13.3. The molecule has 0 saturated heterocycles. The molecular weight excluding hydrogens is 316 g/mol. The van der Waals surface area contributed by atoms with Crippen molar-refractivity contribution in [3.05, 3.63) is 35.9 Å². The van der Waals surface area contributed by atoms with Gasteiger partial charge in [-0.2, -0.15) is 0 Å². The first-order valence-corrected chi connectivity index (χ1v) is 8.34. The molecule has 2 N–H and O–H groups in total. The molecule has 1 aromatic carbocycles. The molecule has 0 heterocycles. The Morgan fingerprint density at radius 2 is 1.87 bits per heavy atom. The first-order chi connectivity index (χ1) is 10.9. The van der Waals surface area contributed by atoms with E-state index < -0.39 is 18.0 Å². The summed E-state index contributed by atoms with van der Waals surface area (Å²) in [5.74, 6) is -0.599. The molecule has 1 aromatic rings. The monoisotopic (exact) mass is 338 g/mol. The van der Waals surface area contributed by atoms with Crippen LogP contribution in [-0.4, -0.2) is 52.0 Å². The van der Waals surface area contributed by atoms with Crippen molar-refractivity contribution >= 4 is 28.9 Å². The van der Waals surface area contributed by atoms with Crippen molar-refractivity contribution < 1.29 is 19.5 Å². The van der Waals surface area contributed by atoms with Gasteiger partial charge in [0.2, 0.25) is 0 Å². The summed E-state index contributed by atoms with van der Waals surface area (Å²) in [6.45, 7) is 3.74. The normalized spacial score (nSPS) is 11.6. The molecule has 2 amide bonds. The van der Waals surface area contributed by atoms with Crippen LogP contribution in [-0.2, 0) is 16.0 Å². The largest absolute Gasteiger partial charge is 0.480 e. The highest BCUT2D eigenvalue weighted by Crippen LogP contribution is 2.06. The number of hydrogen-bond donors (Lipinski definition) is 2. The maximum absolute atomic E-state index is 12.2. The van der Waals surface area contributed by atoms with Crippen LogP contribution < -0.4 is 5.32 Å². The van der Waals surface area contributed by atoms with Gasteiger partial charge < -0.3 is 15.3 Å². The zero-order chi connectivity index (χ0) is 17.2. The lowest BCUT2D eigenvalue weighted by molar-refractivity contribution is -0.138. The Hall–Kier alpha value is -2.02. The highest BCUT2D eigenvalue weighted by Gasteiger charge is 2.19. The summed E-state index contributed by atoms with van der Waals surface area (Å²) < 4.78 is 0. The second kappa shape index (κ2) is 9.89. The Balaban J connectivity index is 2.61. The Bertz CT molecular complexity index is 536. The summed E-state index contributed by atoms with van der Waals surface area (Å²) in [6.07, 6.45) is 0.667. The van der Waals surface area contributed by atoms with Gasteiger partial charge in [-0.3, -0.25) is 9.59 Å². The van der Waals surface area contributed by atoms with Crippen molar-refractivity contribution in [1.82, 2.24) is 10.2 Å². The molecule has 0 bridgehead atoms. The fourth-order valence-corrected chi connectivity index (χ4v) is 2.46. The van der Waals surface area contributed by atoms with Crippen LogP contribution >= 0.6 is 11.8 Å². The van der Waals surface area contributed by atoms with E-state index in [0.717, 1.165) is 17.3 Å². The zero-order valence-corrected chi connectivity index (χ0v) is 14.1. The second-order valence-electron chi connectivity index (χ2n) is 5.07. The Kier molecular flexibility index (Phi) is 8.18. The fourth-order valence-electron chi connectivity index (χ4n) is 1.86. The molecular formula is C16H22N2O4S. The van der Waals surface area contributed by atoms with Crippen molar-refractivity contribution in [1.29, 1.82) is 0 Å². The highest BCUT2D eigenvalue weighted by molar-refractivity contribution is 8.13. The number of carboxylic acid groups (broad SMARTS) is 1. The van der Waals surface area contributed by atoms with E-state index in [1.54, 1.807) is 4.90 Å². The van der Waals surface area contributed by atoms with Crippen LogP contribution in [0.25, 0.3) is 0 Å². The van der Waals surface area contributed by atoms with Gasteiger partial charge in [-0.05, 0) is 18.9 Å². The molecule has 0 aromatic heterocycles. The van der Waals surface area contributed by atoms with E-state index in [1.807, 2.05) is 30.3 Å². The minimum absolute atomic E-state index is 0.00711. The number of hydrogen-bond acceptors (Lipinski definition) is 4. The summed E-state index contributed by atoms with van der Waals surface area (Å²) in [4.78, 5) is 35.6. The summed E-state index contributed by atoms with van der Waals surface area (Å²) in [6, 6.07) is 8.34. The maximum Gasteiger partial charge on any atom is 0.325 e. The molecule has 0 fully saturated rings. The lowest BCUT2D eigenvalue weighted by Gasteiger charge is -2.24. The lowest BCUT2D eigenvalue weighted by Crippen LogP contribution is -2.48. The van der Waals surface area contributed by atoms with Gasteiger partial charge in [-0.1, -0.05) is 42.1 Å². The predicted molar refractivity (Wildman–Crippen MR) is 90.5 cm³/mol. The molecule has 0 aliphatic carbocycles. The number of nitrogens with zero attached hydrogens (tertiary/aromatic N) is 1. The smallest absolute Gasteiger partial charge is 0.325 e. The molecule has 1 atom stereocenters. The molecule has 126 valence electrons. The van der Waals surface area contributed by atoms with Crippen LogP contribution in [0.1, 0.15) is 19.4 Å². The maximum atomic E-state index is 12.2. The molecule has 1 rings (SSSR count). The molecule has 0 spiro atoms. The first kappa shape index (κ1) is 19.0. The minimum Gasteiger partial charge on any atom is -0.480 e. The third kappa shape index (κ3) is 7.69. The van der Waals surface area contributed by atoms with E-state index in [4.69, 9.17) is 5.11 Å². The number of carbonyl (C=O) groups excluding carboxylic acids is 2. The van der Waals surface area contributed by atoms with Gasteiger partial charge in [0.05, 0.1) is 0 Å². The number of carboxylic acids is 1. The number of rotatable bonds is 8. The highest BCUT2D eigenvalue weighted by atomic mass is 32.2. The van der Waals surface area contributed by atoms with Crippen LogP contribution in [0.2, 0.25) is 0 Å². The SMILES string of the molecule is CC(=O)SCCN(CCc1ccccc1)C(=O)NC(C)C(=O)O. The standard InChI is InChI=1S/C16H22N2O4S/c1-12(15(20)21)17-16(22)18(10-11-23-13(2)19)9-8-14-6-4-3-5-7-14/h3-7,12H,8-11H2,1-2H3,(H,17,22)(H,20,21). The summed E-state index contributed by atoms with van der Waals surface area (Å²) in [5.41, 5.74) is 1.09. The Morgan fingerprint density at radius 3 is 2.43 bits per heavy atom. The number of aliphatic carboxylic acids is 1. The van der Waals surface area contributed by atoms with Gasteiger partial charge >= 0.3 is 12.0 Å². The average molecular weight is 338 g/mol. The van der Waals surface area contributed by atoms with Gasteiger partial charge in [0.15, 0.2) is 5.12 Å². The van der Waals surface area contributed by atoms with E-state index in [2.05, 4.69) is 5.32 Å². The van der Waals surface area contributed by atoms with Crippen molar-refractivity contribution in [2.24, 2.45) is 0 Å². The minimum atomic E-state index is -1.08. The van der Waals surface area contributed by atoms with Crippen molar-refractivity contribution in [3.63, 3.8) is 0 Å². The third-order valence-corrected chi connectivity index (χ3v) is 3.97. The van der Waals surface area contributed by atoms with E-state index in [-0.39, 0.29) is 5.12 Å². The summed E-state index contributed by atoms with van der Waals surface area (Å²) in [5, 5.41) is 11.3. The van der Waals surface area contributed by atoms with Crippen LogP contribution in [0.4, 0.5) is 4.79 Å². The van der Waals surface area contributed by atoms with Crippen molar-refractivity contribution in [3.8, 4) is 0 Å². The summed E-state index contributed by atoms with van der Waals surface area (Å²) in [7, 11) is 0. The first-order valence-electron chi connectivity index (χ1n) is 7.35. The lowest BCUT2D eigenvalue weighted by atomic mass is 10.1. The van der Waals surface area contributed by atoms with Gasteiger partial charge in [0.25, 0.3) is 0 Å². The number of urea groups is 1. The van der Waals surface area contributed by atoms with E-state index >= 15 is 0 Å². The molecule has 0 aliphatic rings. The van der Waals surface area contributed by atoms with Gasteiger partial charge in [0, 0.05) is 25.8 Å². The topological polar surface area (TPSA) is 86.7 Å². The number of amides is 2. The number of carbonyl (C=O) groups is 3. The van der Waals surface area contributed by atoms with E-state index in [1.165, 1.54) is 13.8 Å². The molecule has 1 unspecified atom stereocenters. The summed E-state index contributed by atoms with van der Waals surface area (Å²) >= 11 is 1.15. The van der Waals surface area contributed by atoms with Gasteiger partial charge in [-0.25, -0.2) is 4.79 Å². The van der Waals surface area contributed by atoms with Crippen LogP contribution in [0.15, 0.2) is 30.3 Å². The van der Waals surface area contributed by atoms with Crippen LogP contribution in [0, 0.1) is 0 Å². The van der Waals surface area contributed by atoms with Gasteiger partial charge in [0.1, 0.15) is 6.04 Å². The number of thioether (sulfide) groups is 1. The molecule has 0 aliphatic heterocycles. The average Bonchev–Trinajstić information content (AvgIpc) is 2.51. The molecule has 0 radical (unpaired) electrons. The quantitative estimate of drug-likeness (QED) is 0.757. The number of benzene rings is 1. The van der Waals surface area contributed by atoms with E-state index in [9.17, 15) is 14.4 Å². The second-order valence-corrected chi connectivity index (χ2v) is 6.34. The Morgan fingerprint density at radius 1 is 1.22 bits per heavy atom. The van der Waals surface area contributed by atoms with E-state index in [0.29, 0.717) is 25.3 Å².